The second-order valence-electron chi connectivity index (χ2n) is 4.57. The Hall–Kier alpha value is -0.730. The van der Waals surface area contributed by atoms with Crippen molar-refractivity contribution in [1.82, 2.24) is 10.2 Å². The number of hydrogen-bond acceptors (Lipinski definition) is 1. The summed E-state index contributed by atoms with van der Waals surface area (Å²) in [5, 5.41) is 2.94. The molecule has 0 radical (unpaired) electrons. The van der Waals surface area contributed by atoms with Crippen LogP contribution in [0.25, 0.3) is 0 Å². The van der Waals surface area contributed by atoms with Gasteiger partial charge in [-0.05, 0) is 19.3 Å². The number of carbonyl (C=O) groups excluding carboxylic acids is 1. The smallest absolute Gasteiger partial charge is 0.317 e. The number of nitrogens with zero attached hydrogens (tertiary/aromatic N) is 1. The average Bonchev–Trinajstić information content (AvgIpc) is 2.02. The van der Waals surface area contributed by atoms with Gasteiger partial charge in [-0.15, -0.1) is 0 Å². The predicted octanol–water partition coefficient (Wildman–Crippen LogP) is 2.47. The van der Waals surface area contributed by atoms with Crippen molar-refractivity contribution in [2.75, 3.05) is 14.1 Å². The Balaban J connectivity index is 3.55. The first-order valence-corrected chi connectivity index (χ1v) is 5.41. The van der Waals surface area contributed by atoms with Gasteiger partial charge in [-0.2, -0.15) is 0 Å². The summed E-state index contributed by atoms with van der Waals surface area (Å²) in [4.78, 5) is 12.8. The minimum absolute atomic E-state index is 0.00190. The maximum absolute atomic E-state index is 11.3. The van der Waals surface area contributed by atoms with Gasteiger partial charge in [0.1, 0.15) is 0 Å². The summed E-state index contributed by atoms with van der Waals surface area (Å²) in [6, 6.07) is 0.283. The van der Waals surface area contributed by atoms with Crippen molar-refractivity contribution < 1.29 is 4.79 Å². The first-order valence-electron chi connectivity index (χ1n) is 5.41. The molecule has 0 aliphatic rings. The zero-order valence-corrected chi connectivity index (χ0v) is 10.1. The third-order valence-electron chi connectivity index (χ3n) is 2.19. The first-order chi connectivity index (χ1) is 6.43. The number of hydrogen-bond donors (Lipinski definition) is 1. The molecule has 0 aromatic rings. The summed E-state index contributed by atoms with van der Waals surface area (Å²) in [7, 11) is 3.52. The Morgan fingerprint density at radius 2 is 1.79 bits per heavy atom. The van der Waals surface area contributed by atoms with Crippen molar-refractivity contribution in [3.63, 3.8) is 0 Å². The first kappa shape index (κ1) is 13.3. The highest BCUT2D eigenvalue weighted by Crippen LogP contribution is 2.08. The fourth-order valence-corrected chi connectivity index (χ4v) is 1.24. The van der Waals surface area contributed by atoms with Gasteiger partial charge in [0.15, 0.2) is 0 Å². The largest absolute Gasteiger partial charge is 0.336 e. The summed E-state index contributed by atoms with van der Waals surface area (Å²) < 4.78 is 0. The SMILES string of the molecule is CC(C)CCCC(C)NC(=O)N(C)C. The van der Waals surface area contributed by atoms with E-state index in [1.807, 2.05) is 0 Å². The van der Waals surface area contributed by atoms with Gasteiger partial charge in [-0.1, -0.05) is 26.7 Å². The lowest BCUT2D eigenvalue weighted by Gasteiger charge is -2.18. The summed E-state index contributed by atoms with van der Waals surface area (Å²) in [5.74, 6) is 0.756. The molecule has 0 aromatic carbocycles. The highest BCUT2D eigenvalue weighted by Gasteiger charge is 2.08. The molecule has 0 bridgehead atoms. The van der Waals surface area contributed by atoms with E-state index in [2.05, 4.69) is 26.1 Å². The van der Waals surface area contributed by atoms with Crippen molar-refractivity contribution in [2.45, 2.75) is 46.1 Å². The Bertz CT molecular complexity index is 167. The number of amides is 2. The van der Waals surface area contributed by atoms with E-state index in [1.54, 1.807) is 19.0 Å². The molecular weight excluding hydrogens is 176 g/mol. The van der Waals surface area contributed by atoms with Crippen molar-refractivity contribution in [1.29, 1.82) is 0 Å². The fraction of sp³-hybridized carbons (Fsp3) is 0.909. The van der Waals surface area contributed by atoms with Crippen LogP contribution in [0.15, 0.2) is 0 Å². The van der Waals surface area contributed by atoms with Crippen LogP contribution in [0.2, 0.25) is 0 Å². The van der Waals surface area contributed by atoms with Crippen molar-refractivity contribution in [3.8, 4) is 0 Å². The van der Waals surface area contributed by atoms with Crippen LogP contribution < -0.4 is 5.32 Å². The van der Waals surface area contributed by atoms with Gasteiger partial charge in [-0.25, -0.2) is 4.79 Å². The highest BCUT2D eigenvalue weighted by molar-refractivity contribution is 5.73. The molecule has 84 valence electrons. The molecule has 0 spiro atoms. The molecular formula is C11H24N2O. The van der Waals surface area contributed by atoms with Crippen LogP contribution >= 0.6 is 0 Å². The standard InChI is InChI=1S/C11H24N2O/c1-9(2)7-6-8-10(3)12-11(14)13(4)5/h9-10H,6-8H2,1-5H3,(H,12,14). The van der Waals surface area contributed by atoms with Gasteiger partial charge in [0, 0.05) is 20.1 Å². The zero-order chi connectivity index (χ0) is 11.1. The van der Waals surface area contributed by atoms with Crippen LogP contribution in [0.3, 0.4) is 0 Å². The molecule has 0 heterocycles. The molecule has 0 rings (SSSR count). The summed E-state index contributed by atoms with van der Waals surface area (Å²) in [6.45, 7) is 6.51. The molecule has 2 amide bonds. The summed E-state index contributed by atoms with van der Waals surface area (Å²) >= 11 is 0. The van der Waals surface area contributed by atoms with E-state index in [-0.39, 0.29) is 12.1 Å². The quantitative estimate of drug-likeness (QED) is 0.726. The molecule has 0 aliphatic carbocycles. The molecule has 0 aliphatic heterocycles. The van der Waals surface area contributed by atoms with Crippen LogP contribution in [0.4, 0.5) is 4.79 Å². The Morgan fingerprint density at radius 3 is 2.21 bits per heavy atom. The third kappa shape index (κ3) is 6.75. The lowest BCUT2D eigenvalue weighted by molar-refractivity contribution is 0.213. The van der Waals surface area contributed by atoms with Gasteiger partial charge in [-0.3, -0.25) is 0 Å². The van der Waals surface area contributed by atoms with Gasteiger partial charge in [0.2, 0.25) is 0 Å². The van der Waals surface area contributed by atoms with Crippen LogP contribution in [-0.2, 0) is 0 Å². The van der Waals surface area contributed by atoms with Crippen LogP contribution in [0, 0.1) is 5.92 Å². The molecule has 1 unspecified atom stereocenters. The van der Waals surface area contributed by atoms with Gasteiger partial charge in [0.25, 0.3) is 0 Å². The maximum Gasteiger partial charge on any atom is 0.317 e. The predicted molar refractivity (Wildman–Crippen MR) is 60.4 cm³/mol. The van der Waals surface area contributed by atoms with E-state index < -0.39 is 0 Å². The number of nitrogens with one attached hydrogen (secondary N) is 1. The Labute approximate surface area is 87.9 Å². The van der Waals surface area contributed by atoms with Crippen molar-refractivity contribution in [2.24, 2.45) is 5.92 Å². The molecule has 1 atom stereocenters. The molecule has 3 heteroatoms. The molecule has 0 saturated heterocycles. The Morgan fingerprint density at radius 1 is 1.21 bits per heavy atom. The fourth-order valence-electron chi connectivity index (χ4n) is 1.24. The van der Waals surface area contributed by atoms with E-state index in [0.29, 0.717) is 0 Å². The summed E-state index contributed by atoms with van der Waals surface area (Å²) in [6.07, 6.45) is 3.49. The normalized spacial score (nSPS) is 12.7. The molecule has 14 heavy (non-hydrogen) atoms. The third-order valence-corrected chi connectivity index (χ3v) is 2.19. The van der Waals surface area contributed by atoms with Crippen LogP contribution in [-0.4, -0.2) is 31.1 Å². The van der Waals surface area contributed by atoms with Gasteiger partial charge in [0.05, 0.1) is 0 Å². The topological polar surface area (TPSA) is 32.3 Å². The van der Waals surface area contributed by atoms with E-state index in [1.165, 1.54) is 12.8 Å². The molecule has 1 N–H and O–H groups in total. The molecule has 0 fully saturated rings. The summed E-state index contributed by atoms with van der Waals surface area (Å²) in [5.41, 5.74) is 0. The second-order valence-corrected chi connectivity index (χ2v) is 4.57. The lowest BCUT2D eigenvalue weighted by atomic mass is 10.0. The van der Waals surface area contributed by atoms with E-state index in [9.17, 15) is 4.79 Å². The lowest BCUT2D eigenvalue weighted by Crippen LogP contribution is -2.39. The number of rotatable bonds is 5. The highest BCUT2D eigenvalue weighted by atomic mass is 16.2. The van der Waals surface area contributed by atoms with E-state index in [0.717, 1.165) is 12.3 Å². The van der Waals surface area contributed by atoms with E-state index in [4.69, 9.17) is 0 Å². The Kier molecular flexibility index (Phi) is 6.34. The molecule has 0 aromatic heterocycles. The van der Waals surface area contributed by atoms with Gasteiger partial charge >= 0.3 is 6.03 Å². The minimum Gasteiger partial charge on any atom is -0.336 e. The zero-order valence-electron chi connectivity index (χ0n) is 10.1. The maximum atomic E-state index is 11.3. The average molecular weight is 200 g/mol. The van der Waals surface area contributed by atoms with Crippen molar-refractivity contribution in [3.05, 3.63) is 0 Å². The number of carbonyl (C=O) groups is 1. The minimum atomic E-state index is 0.00190. The monoisotopic (exact) mass is 200 g/mol. The van der Waals surface area contributed by atoms with Gasteiger partial charge < -0.3 is 10.2 Å². The van der Waals surface area contributed by atoms with Crippen molar-refractivity contribution >= 4 is 6.03 Å². The van der Waals surface area contributed by atoms with Crippen LogP contribution in [0.1, 0.15) is 40.0 Å². The molecule has 0 saturated carbocycles. The van der Waals surface area contributed by atoms with Crippen LogP contribution in [0.5, 0.6) is 0 Å². The molecule has 3 nitrogen and oxygen atoms in total. The van der Waals surface area contributed by atoms with E-state index >= 15 is 0 Å². The number of urea groups is 1. The second kappa shape index (κ2) is 6.68.